The van der Waals surface area contributed by atoms with E-state index < -0.39 is 6.10 Å². The molecule has 2 saturated carbocycles. The molecule has 3 fully saturated rings. The van der Waals surface area contributed by atoms with Crippen molar-refractivity contribution in [3.05, 3.63) is 35.9 Å². The molecule has 0 aromatic heterocycles. The third-order valence-electron chi connectivity index (χ3n) is 7.70. The van der Waals surface area contributed by atoms with Gasteiger partial charge in [0.05, 0.1) is 24.7 Å². The highest BCUT2D eigenvalue weighted by atomic mass is 16.6. The Morgan fingerprint density at radius 1 is 1.17 bits per heavy atom. The molecule has 1 unspecified atom stereocenters. The van der Waals surface area contributed by atoms with Gasteiger partial charge in [0.2, 0.25) is 0 Å². The van der Waals surface area contributed by atoms with Gasteiger partial charge in [-0.2, -0.15) is 0 Å². The van der Waals surface area contributed by atoms with Crippen LogP contribution in [0.3, 0.4) is 0 Å². The maximum atomic E-state index is 12.9. The van der Waals surface area contributed by atoms with Crippen molar-refractivity contribution in [2.75, 3.05) is 13.2 Å². The average Bonchev–Trinajstić information content (AvgIpc) is 3.08. The Labute approximate surface area is 177 Å². The van der Waals surface area contributed by atoms with Crippen LogP contribution >= 0.6 is 0 Å². The van der Waals surface area contributed by atoms with Gasteiger partial charge in [-0.1, -0.05) is 38.5 Å². The summed E-state index contributed by atoms with van der Waals surface area (Å²) in [5, 5.41) is 0. The van der Waals surface area contributed by atoms with Crippen LogP contribution in [0.2, 0.25) is 0 Å². The molecule has 6 atom stereocenters. The number of carbonyl (C=O) groups is 3. The minimum Gasteiger partial charge on any atom is -0.465 e. The molecule has 0 amide bonds. The fourth-order valence-electron chi connectivity index (χ4n) is 6.45. The molecule has 3 aliphatic rings. The number of rotatable bonds is 4. The Bertz CT molecular complexity index is 835. The van der Waals surface area contributed by atoms with Crippen LogP contribution in [-0.2, 0) is 23.8 Å². The second-order valence-electron chi connectivity index (χ2n) is 9.66. The van der Waals surface area contributed by atoms with Crippen LogP contribution in [0.25, 0.3) is 0 Å². The van der Waals surface area contributed by atoms with Gasteiger partial charge >= 0.3 is 17.9 Å². The van der Waals surface area contributed by atoms with Crippen LogP contribution < -0.4 is 0 Å². The van der Waals surface area contributed by atoms with Crippen LogP contribution in [0.5, 0.6) is 0 Å². The quantitative estimate of drug-likeness (QED) is 0.551. The van der Waals surface area contributed by atoms with Crippen molar-refractivity contribution in [2.24, 2.45) is 28.6 Å². The molecule has 6 nitrogen and oxygen atoms in total. The molecule has 162 valence electrons. The lowest BCUT2D eigenvalue weighted by Gasteiger charge is -2.59. The summed E-state index contributed by atoms with van der Waals surface area (Å²) in [5.41, 5.74) is -0.0753. The number of cyclic esters (lactones) is 1. The lowest BCUT2D eigenvalue weighted by molar-refractivity contribution is -0.181. The molecule has 0 spiro atoms. The van der Waals surface area contributed by atoms with Crippen molar-refractivity contribution in [1.29, 1.82) is 0 Å². The molecular weight excluding hydrogens is 384 g/mol. The second kappa shape index (κ2) is 7.71. The highest BCUT2D eigenvalue weighted by molar-refractivity contribution is 5.89. The van der Waals surface area contributed by atoms with E-state index in [4.69, 9.17) is 14.2 Å². The topological polar surface area (TPSA) is 78.9 Å². The normalized spacial score (nSPS) is 37.5. The predicted molar refractivity (Wildman–Crippen MR) is 108 cm³/mol. The van der Waals surface area contributed by atoms with Gasteiger partial charge in [-0.25, -0.2) is 4.79 Å². The molecule has 1 heterocycles. The molecule has 1 aliphatic heterocycles. The van der Waals surface area contributed by atoms with Gasteiger partial charge in [-0.05, 0) is 36.8 Å². The van der Waals surface area contributed by atoms with Gasteiger partial charge in [0.25, 0.3) is 0 Å². The third-order valence-corrected chi connectivity index (χ3v) is 7.70. The maximum absolute atomic E-state index is 12.9. The number of carbonyl (C=O) groups excluding carboxylic acids is 3. The van der Waals surface area contributed by atoms with E-state index in [1.807, 2.05) is 6.07 Å². The van der Waals surface area contributed by atoms with Gasteiger partial charge in [-0.15, -0.1) is 0 Å². The molecule has 30 heavy (non-hydrogen) atoms. The highest BCUT2D eigenvalue weighted by Gasteiger charge is 2.64. The standard InChI is InChI=1S/C24H30O6/c1-15(25)29-14-23(2)10-7-11-24(3)18-13-28-22(27)17(18)12-19(20(23)24)30-21(26)16-8-5-4-6-9-16/h4-6,8-9,17-20H,7,10-14H2,1-3H3/t17-,18-,19+,20?,23-,24+/m0/s1. The van der Waals surface area contributed by atoms with Crippen molar-refractivity contribution < 1.29 is 28.6 Å². The van der Waals surface area contributed by atoms with Crippen LogP contribution in [-0.4, -0.2) is 37.2 Å². The van der Waals surface area contributed by atoms with Crippen molar-refractivity contribution in [3.63, 3.8) is 0 Å². The molecule has 1 saturated heterocycles. The number of ether oxygens (including phenoxy) is 3. The van der Waals surface area contributed by atoms with Gasteiger partial charge in [-0.3, -0.25) is 9.59 Å². The Hall–Kier alpha value is -2.37. The van der Waals surface area contributed by atoms with Crippen molar-refractivity contribution in [2.45, 2.75) is 52.6 Å². The Morgan fingerprint density at radius 2 is 1.90 bits per heavy atom. The molecule has 0 N–H and O–H groups in total. The Balaban J connectivity index is 1.69. The summed E-state index contributed by atoms with van der Waals surface area (Å²) < 4.78 is 17.0. The first-order valence-corrected chi connectivity index (χ1v) is 10.8. The largest absolute Gasteiger partial charge is 0.465 e. The van der Waals surface area contributed by atoms with E-state index in [-0.39, 0.29) is 53.1 Å². The summed E-state index contributed by atoms with van der Waals surface area (Å²) in [6.07, 6.45) is 2.81. The zero-order valence-corrected chi connectivity index (χ0v) is 17.9. The second-order valence-corrected chi connectivity index (χ2v) is 9.66. The number of hydrogen-bond acceptors (Lipinski definition) is 6. The molecule has 1 aromatic rings. The predicted octanol–water partition coefficient (Wildman–Crippen LogP) is 3.78. The number of esters is 3. The summed E-state index contributed by atoms with van der Waals surface area (Å²) >= 11 is 0. The zero-order valence-electron chi connectivity index (χ0n) is 17.9. The van der Waals surface area contributed by atoms with Crippen molar-refractivity contribution in [3.8, 4) is 0 Å². The van der Waals surface area contributed by atoms with E-state index in [2.05, 4.69) is 13.8 Å². The first kappa shape index (κ1) is 20.9. The van der Waals surface area contributed by atoms with Gasteiger partial charge in [0.1, 0.15) is 6.10 Å². The zero-order chi connectivity index (χ0) is 21.5. The van der Waals surface area contributed by atoms with Crippen LogP contribution in [0.4, 0.5) is 0 Å². The molecular formula is C24H30O6. The van der Waals surface area contributed by atoms with E-state index in [0.29, 0.717) is 18.6 Å². The number of benzene rings is 1. The lowest BCUT2D eigenvalue weighted by atomic mass is 9.45. The summed E-state index contributed by atoms with van der Waals surface area (Å²) in [5.74, 6) is -1.06. The number of fused-ring (bicyclic) bond motifs is 3. The fourth-order valence-corrected chi connectivity index (χ4v) is 6.45. The summed E-state index contributed by atoms with van der Waals surface area (Å²) in [4.78, 5) is 37.0. The van der Waals surface area contributed by atoms with Crippen LogP contribution in [0.15, 0.2) is 30.3 Å². The van der Waals surface area contributed by atoms with Crippen molar-refractivity contribution >= 4 is 17.9 Å². The highest BCUT2D eigenvalue weighted by Crippen LogP contribution is 2.63. The van der Waals surface area contributed by atoms with E-state index >= 15 is 0 Å². The molecule has 2 aliphatic carbocycles. The van der Waals surface area contributed by atoms with E-state index in [1.165, 1.54) is 6.92 Å². The fraction of sp³-hybridized carbons (Fsp3) is 0.625. The monoisotopic (exact) mass is 414 g/mol. The molecule has 0 radical (unpaired) electrons. The van der Waals surface area contributed by atoms with Crippen LogP contribution in [0, 0.1) is 28.6 Å². The molecule has 6 heteroatoms. The molecule has 1 aromatic carbocycles. The minimum atomic E-state index is -0.435. The molecule has 4 rings (SSSR count). The third kappa shape index (κ3) is 3.50. The summed E-state index contributed by atoms with van der Waals surface area (Å²) in [6, 6.07) is 8.92. The lowest BCUT2D eigenvalue weighted by Crippen LogP contribution is -2.60. The summed E-state index contributed by atoms with van der Waals surface area (Å²) in [6.45, 7) is 6.44. The van der Waals surface area contributed by atoms with Gasteiger partial charge in [0, 0.05) is 24.2 Å². The smallest absolute Gasteiger partial charge is 0.338 e. The minimum absolute atomic E-state index is 0.0264. The summed E-state index contributed by atoms with van der Waals surface area (Å²) in [7, 11) is 0. The number of hydrogen-bond donors (Lipinski definition) is 0. The van der Waals surface area contributed by atoms with Crippen molar-refractivity contribution in [1.82, 2.24) is 0 Å². The average molecular weight is 414 g/mol. The van der Waals surface area contributed by atoms with E-state index in [0.717, 1.165) is 19.3 Å². The van der Waals surface area contributed by atoms with Gasteiger partial charge < -0.3 is 14.2 Å². The maximum Gasteiger partial charge on any atom is 0.338 e. The molecule has 0 bridgehead atoms. The van der Waals surface area contributed by atoms with E-state index in [1.54, 1.807) is 24.3 Å². The first-order valence-electron chi connectivity index (χ1n) is 10.8. The first-order chi connectivity index (χ1) is 14.2. The van der Waals surface area contributed by atoms with Gasteiger partial charge in [0.15, 0.2) is 0 Å². The SMILES string of the molecule is CC(=O)OC[C@]1(C)CCC[C@@]2(C)C1[C@H](OC(=O)c1ccccc1)C[C@@H]1C(=O)OC[C@@H]12. The van der Waals surface area contributed by atoms with E-state index in [9.17, 15) is 14.4 Å². The Kier molecular flexibility index (Phi) is 5.37. The van der Waals surface area contributed by atoms with Crippen LogP contribution in [0.1, 0.15) is 56.8 Å². The Morgan fingerprint density at radius 3 is 2.60 bits per heavy atom.